The van der Waals surface area contributed by atoms with Crippen LogP contribution in [0.1, 0.15) is 46.3 Å². The van der Waals surface area contributed by atoms with Gasteiger partial charge in [-0.3, -0.25) is 24.5 Å². The highest BCUT2D eigenvalue weighted by Crippen LogP contribution is 2.32. The van der Waals surface area contributed by atoms with E-state index in [-0.39, 0.29) is 42.5 Å². The summed E-state index contributed by atoms with van der Waals surface area (Å²) in [7, 11) is -3.55. The summed E-state index contributed by atoms with van der Waals surface area (Å²) in [5, 5.41) is 2.23. The number of fused-ring (bicyclic) bond motifs is 1. The molecule has 1 N–H and O–H groups in total. The zero-order chi connectivity index (χ0) is 25.5. The Bertz CT molecular complexity index is 1340. The Balaban J connectivity index is 1.43. The third kappa shape index (κ3) is 4.86. The van der Waals surface area contributed by atoms with Crippen molar-refractivity contribution >= 4 is 33.3 Å². The van der Waals surface area contributed by atoms with E-state index in [0.29, 0.717) is 16.7 Å². The summed E-state index contributed by atoms with van der Waals surface area (Å²) >= 11 is 0. The van der Waals surface area contributed by atoms with Crippen molar-refractivity contribution in [2.75, 3.05) is 6.26 Å². The lowest BCUT2D eigenvalue weighted by atomic mass is 9.97. The number of amides is 3. The lowest BCUT2D eigenvalue weighted by molar-refractivity contribution is -0.144. The maximum Gasteiger partial charge on any atom is 0.330 e. The molecule has 0 saturated carbocycles. The van der Waals surface area contributed by atoms with Crippen molar-refractivity contribution in [3.8, 4) is 0 Å². The number of alkyl halides is 2. The number of sulfone groups is 1. The fourth-order valence-electron chi connectivity index (χ4n) is 4.27. The summed E-state index contributed by atoms with van der Waals surface area (Å²) in [6.07, 6.45) is 0.862. The molecule has 35 heavy (non-hydrogen) atoms. The zero-order valence-electron chi connectivity index (χ0n) is 18.7. The van der Waals surface area contributed by atoms with Crippen LogP contribution in [0.4, 0.5) is 8.78 Å². The lowest BCUT2D eigenvalue weighted by Gasteiger charge is -2.29. The first-order valence-corrected chi connectivity index (χ1v) is 12.8. The largest absolute Gasteiger partial charge is 0.330 e. The van der Waals surface area contributed by atoms with Crippen LogP contribution in [-0.2, 0) is 43.1 Å². The number of nitrogens with one attached hydrogen (secondary N) is 1. The molecule has 11 heteroatoms. The van der Waals surface area contributed by atoms with Gasteiger partial charge in [0, 0.05) is 36.8 Å². The summed E-state index contributed by atoms with van der Waals surface area (Å²) in [6, 6.07) is 7.96. The Morgan fingerprint density at radius 3 is 2.43 bits per heavy atom. The molecule has 1 atom stereocenters. The van der Waals surface area contributed by atoms with E-state index in [1.165, 1.54) is 4.90 Å². The van der Waals surface area contributed by atoms with Crippen molar-refractivity contribution in [2.45, 2.75) is 49.1 Å². The molecule has 0 radical (unpaired) electrons. The predicted molar refractivity (Wildman–Crippen MR) is 119 cm³/mol. The smallest absolute Gasteiger partial charge is 0.322 e. The minimum absolute atomic E-state index is 0.00966. The van der Waals surface area contributed by atoms with Crippen molar-refractivity contribution in [3.05, 3.63) is 64.7 Å². The minimum Gasteiger partial charge on any atom is -0.322 e. The lowest BCUT2D eigenvalue weighted by Crippen LogP contribution is -2.52. The van der Waals surface area contributed by atoms with E-state index in [1.54, 1.807) is 18.2 Å². The second-order valence-corrected chi connectivity index (χ2v) is 10.7. The maximum atomic E-state index is 14.7. The highest BCUT2D eigenvalue weighted by Gasteiger charge is 2.41. The molecule has 2 aliphatic rings. The van der Waals surface area contributed by atoms with E-state index in [2.05, 4.69) is 5.32 Å². The van der Waals surface area contributed by atoms with Gasteiger partial charge in [-0.1, -0.05) is 24.3 Å². The standard InChI is InChI=1S/C24H22F2N2O6S/c1-35(33,34)17-6-4-16(5-7-17)24(25,26)20(29)10-3-14-2-8-18-15(12-14)13-28(23(18)32)19-9-11-21(30)27-22(19)31/h2,4-8,12,19H,3,9-11,13H2,1H3,(H,27,30,31). The number of hydrogen-bond acceptors (Lipinski definition) is 6. The van der Waals surface area contributed by atoms with Gasteiger partial charge in [-0.15, -0.1) is 0 Å². The molecule has 4 rings (SSSR count). The zero-order valence-corrected chi connectivity index (χ0v) is 19.5. The van der Waals surface area contributed by atoms with Crippen LogP contribution in [0.5, 0.6) is 0 Å². The fourth-order valence-corrected chi connectivity index (χ4v) is 4.90. The summed E-state index contributed by atoms with van der Waals surface area (Å²) < 4.78 is 52.4. The number of Topliss-reactive ketones (excluding diaryl/α,β-unsaturated/α-hetero) is 1. The molecule has 0 aromatic heterocycles. The summed E-state index contributed by atoms with van der Waals surface area (Å²) in [5.74, 6) is -6.36. The second kappa shape index (κ2) is 8.95. The average molecular weight is 505 g/mol. The normalized spacial score (nSPS) is 18.4. The molecule has 1 saturated heterocycles. The van der Waals surface area contributed by atoms with E-state index in [1.807, 2.05) is 0 Å². The van der Waals surface area contributed by atoms with Gasteiger partial charge < -0.3 is 4.90 Å². The Morgan fingerprint density at radius 1 is 1.11 bits per heavy atom. The molecule has 0 spiro atoms. The molecule has 2 aromatic carbocycles. The molecule has 2 aliphatic heterocycles. The van der Waals surface area contributed by atoms with Gasteiger partial charge in [-0.25, -0.2) is 8.42 Å². The quantitative estimate of drug-likeness (QED) is 0.578. The van der Waals surface area contributed by atoms with Crippen molar-refractivity contribution in [3.63, 3.8) is 0 Å². The van der Waals surface area contributed by atoms with Gasteiger partial charge in [0.1, 0.15) is 6.04 Å². The monoisotopic (exact) mass is 504 g/mol. The van der Waals surface area contributed by atoms with E-state index in [4.69, 9.17) is 0 Å². The average Bonchev–Trinajstić information content (AvgIpc) is 3.12. The first-order valence-electron chi connectivity index (χ1n) is 10.9. The minimum atomic E-state index is -3.79. The number of hydrogen-bond donors (Lipinski definition) is 1. The van der Waals surface area contributed by atoms with E-state index in [0.717, 1.165) is 30.5 Å². The van der Waals surface area contributed by atoms with Crippen LogP contribution in [0, 0.1) is 0 Å². The molecule has 2 aromatic rings. The molecule has 0 bridgehead atoms. The van der Waals surface area contributed by atoms with Crippen LogP contribution in [0.2, 0.25) is 0 Å². The topological polar surface area (TPSA) is 118 Å². The Morgan fingerprint density at radius 2 is 1.80 bits per heavy atom. The molecular formula is C24H22F2N2O6S. The molecule has 8 nitrogen and oxygen atoms in total. The second-order valence-electron chi connectivity index (χ2n) is 8.69. The first kappa shape index (κ1) is 24.6. The summed E-state index contributed by atoms with van der Waals surface area (Å²) in [4.78, 5) is 49.9. The fraction of sp³-hybridized carbons (Fsp3) is 0.333. The van der Waals surface area contributed by atoms with Crippen molar-refractivity contribution in [1.82, 2.24) is 10.2 Å². The Labute approximate surface area is 200 Å². The number of nitrogens with zero attached hydrogens (tertiary/aromatic N) is 1. The molecule has 2 heterocycles. The van der Waals surface area contributed by atoms with Gasteiger partial charge >= 0.3 is 5.92 Å². The van der Waals surface area contributed by atoms with E-state index >= 15 is 0 Å². The first-order chi connectivity index (χ1) is 16.4. The van der Waals surface area contributed by atoms with Crippen LogP contribution in [0.25, 0.3) is 0 Å². The van der Waals surface area contributed by atoms with E-state index in [9.17, 15) is 36.4 Å². The number of piperidine rings is 1. The Hall–Kier alpha value is -3.47. The summed E-state index contributed by atoms with van der Waals surface area (Å²) in [5.41, 5.74) is 1.00. The van der Waals surface area contributed by atoms with Gasteiger partial charge in [-0.2, -0.15) is 8.78 Å². The van der Waals surface area contributed by atoms with Gasteiger partial charge in [0.05, 0.1) is 4.90 Å². The molecular weight excluding hydrogens is 482 g/mol. The van der Waals surface area contributed by atoms with Crippen LogP contribution in [-0.4, -0.2) is 49.1 Å². The van der Waals surface area contributed by atoms with Gasteiger partial charge in [0.25, 0.3) is 5.91 Å². The van der Waals surface area contributed by atoms with Crippen LogP contribution in [0.15, 0.2) is 47.4 Å². The number of carbonyl (C=O) groups is 4. The van der Waals surface area contributed by atoms with Crippen LogP contribution in [0.3, 0.4) is 0 Å². The summed E-state index contributed by atoms with van der Waals surface area (Å²) in [6.45, 7) is 0.144. The molecule has 1 unspecified atom stereocenters. The highest BCUT2D eigenvalue weighted by atomic mass is 32.2. The number of carbonyl (C=O) groups excluding carboxylic acids is 4. The van der Waals surface area contributed by atoms with Gasteiger partial charge in [0.2, 0.25) is 17.6 Å². The van der Waals surface area contributed by atoms with Gasteiger partial charge in [-0.05, 0) is 42.2 Å². The highest BCUT2D eigenvalue weighted by molar-refractivity contribution is 7.90. The SMILES string of the molecule is CS(=O)(=O)c1ccc(C(F)(F)C(=O)CCc2ccc3c(c2)CN(C2CCC(=O)NC2=O)C3=O)cc1. The number of halogens is 2. The Kier molecular flexibility index (Phi) is 6.31. The third-order valence-electron chi connectivity index (χ3n) is 6.22. The number of benzene rings is 2. The van der Waals surface area contributed by atoms with Gasteiger partial charge in [0.15, 0.2) is 9.84 Å². The maximum absolute atomic E-state index is 14.7. The number of rotatable bonds is 7. The predicted octanol–water partition coefficient (Wildman–Crippen LogP) is 2.14. The van der Waals surface area contributed by atoms with Crippen molar-refractivity contribution in [2.24, 2.45) is 0 Å². The van der Waals surface area contributed by atoms with Crippen molar-refractivity contribution < 1.29 is 36.4 Å². The molecule has 1 fully saturated rings. The molecule has 3 amide bonds. The van der Waals surface area contributed by atoms with Crippen molar-refractivity contribution in [1.29, 1.82) is 0 Å². The molecule has 184 valence electrons. The van der Waals surface area contributed by atoms with Crippen LogP contribution >= 0.6 is 0 Å². The molecule has 0 aliphatic carbocycles. The number of aryl methyl sites for hydroxylation is 1. The van der Waals surface area contributed by atoms with E-state index < -0.39 is 45.5 Å². The number of imide groups is 1. The van der Waals surface area contributed by atoms with Crippen LogP contribution < -0.4 is 5.32 Å². The third-order valence-corrected chi connectivity index (χ3v) is 7.35. The number of ketones is 1.